The highest BCUT2D eigenvalue weighted by atomic mass is 35.5. The van der Waals surface area contributed by atoms with Gasteiger partial charge in [-0.2, -0.15) is 5.10 Å². The quantitative estimate of drug-likeness (QED) is 0.336. The molecule has 0 spiro atoms. The zero-order valence-corrected chi connectivity index (χ0v) is 16.2. The molecule has 0 saturated carbocycles. The minimum atomic E-state index is -0.254. The fraction of sp³-hybridized carbons (Fsp3) is 0.200. The number of carbonyl (C=O) groups is 1. The number of H-pyrrole nitrogens is 1. The third-order valence-electron chi connectivity index (χ3n) is 4.18. The Kier molecular flexibility index (Phi) is 6.74. The fourth-order valence-electron chi connectivity index (χ4n) is 2.83. The van der Waals surface area contributed by atoms with Crippen LogP contribution in [0.2, 0.25) is 0 Å². The third kappa shape index (κ3) is 4.81. The molecule has 0 aliphatic carbocycles. The Balaban J connectivity index is 1.63. The Morgan fingerprint density at radius 1 is 1.07 bits per heavy atom. The van der Waals surface area contributed by atoms with Gasteiger partial charge in [-0.3, -0.25) is 4.79 Å². The Labute approximate surface area is 168 Å². The second-order valence-electron chi connectivity index (χ2n) is 5.90. The number of hydrazone groups is 1. The summed E-state index contributed by atoms with van der Waals surface area (Å²) >= 11 is 11.7. The Morgan fingerprint density at radius 2 is 1.78 bits per heavy atom. The molecular weight excluding hydrogens is 383 g/mol. The number of carbonyl (C=O) groups excluding carboxylic acids is 1. The molecule has 140 valence electrons. The smallest absolute Gasteiger partial charge is 0.273 e. The first-order chi connectivity index (χ1) is 13.2. The Bertz CT molecular complexity index is 915. The summed E-state index contributed by atoms with van der Waals surface area (Å²) in [5.41, 5.74) is 5.99. The number of para-hydroxylation sites is 1. The van der Waals surface area contributed by atoms with Crippen molar-refractivity contribution < 1.29 is 4.79 Å². The van der Waals surface area contributed by atoms with Crippen molar-refractivity contribution in [2.24, 2.45) is 5.10 Å². The van der Waals surface area contributed by atoms with Gasteiger partial charge in [0.15, 0.2) is 0 Å². The lowest BCUT2D eigenvalue weighted by Gasteiger charge is -2.22. The zero-order chi connectivity index (χ0) is 19.1. The SMILES string of the molecule is O=C(NN=Cc1ccc(N(CCCl)CCCl)cc1)c1c[nH]c2ccccc12. The number of alkyl halides is 2. The Morgan fingerprint density at radius 3 is 2.48 bits per heavy atom. The second kappa shape index (κ2) is 9.44. The summed E-state index contributed by atoms with van der Waals surface area (Å²) in [4.78, 5) is 17.5. The number of fused-ring (bicyclic) bond motifs is 1. The minimum Gasteiger partial charge on any atom is -0.369 e. The molecule has 1 aromatic heterocycles. The summed E-state index contributed by atoms with van der Waals surface area (Å²) in [7, 11) is 0. The normalized spacial score (nSPS) is 11.2. The molecule has 1 amide bonds. The van der Waals surface area contributed by atoms with Gasteiger partial charge in [-0.15, -0.1) is 23.2 Å². The van der Waals surface area contributed by atoms with Gasteiger partial charge in [0.1, 0.15) is 0 Å². The van der Waals surface area contributed by atoms with Crippen LogP contribution in [-0.2, 0) is 0 Å². The van der Waals surface area contributed by atoms with E-state index in [9.17, 15) is 4.79 Å². The summed E-state index contributed by atoms with van der Waals surface area (Å²) in [6.45, 7) is 1.48. The molecule has 2 N–H and O–H groups in total. The first kappa shape index (κ1) is 19.3. The Hall–Kier alpha value is -2.50. The van der Waals surface area contributed by atoms with Crippen molar-refractivity contribution in [3.8, 4) is 0 Å². The minimum absolute atomic E-state index is 0.254. The van der Waals surface area contributed by atoms with Crippen molar-refractivity contribution >= 4 is 51.9 Å². The number of aromatic nitrogens is 1. The predicted molar refractivity (Wildman–Crippen MR) is 113 cm³/mol. The lowest BCUT2D eigenvalue weighted by Crippen LogP contribution is -2.27. The van der Waals surface area contributed by atoms with E-state index >= 15 is 0 Å². The molecule has 27 heavy (non-hydrogen) atoms. The number of hydrogen-bond acceptors (Lipinski definition) is 3. The number of amides is 1. The van der Waals surface area contributed by atoms with Crippen LogP contribution < -0.4 is 10.3 Å². The number of anilines is 1. The molecular formula is C20H20Cl2N4O. The highest BCUT2D eigenvalue weighted by molar-refractivity contribution is 6.18. The van der Waals surface area contributed by atoms with Gasteiger partial charge < -0.3 is 9.88 Å². The number of aromatic amines is 1. The van der Waals surface area contributed by atoms with Crippen LogP contribution in [0.1, 0.15) is 15.9 Å². The van der Waals surface area contributed by atoms with Crippen LogP contribution in [0.4, 0.5) is 5.69 Å². The summed E-state index contributed by atoms with van der Waals surface area (Å²) in [6, 6.07) is 15.5. The average Bonchev–Trinajstić information content (AvgIpc) is 3.13. The van der Waals surface area contributed by atoms with Crippen molar-refractivity contribution in [2.45, 2.75) is 0 Å². The molecule has 0 atom stereocenters. The van der Waals surface area contributed by atoms with Gasteiger partial charge >= 0.3 is 0 Å². The van der Waals surface area contributed by atoms with Crippen molar-refractivity contribution in [2.75, 3.05) is 29.7 Å². The number of halogens is 2. The monoisotopic (exact) mass is 402 g/mol. The van der Waals surface area contributed by atoms with E-state index < -0.39 is 0 Å². The van der Waals surface area contributed by atoms with Gasteiger partial charge in [0, 0.05) is 47.6 Å². The number of nitrogens with one attached hydrogen (secondary N) is 2. The van der Waals surface area contributed by atoms with Crippen molar-refractivity contribution in [1.82, 2.24) is 10.4 Å². The van der Waals surface area contributed by atoms with E-state index in [1.54, 1.807) is 12.4 Å². The molecule has 0 aliphatic heterocycles. The molecule has 0 saturated heterocycles. The molecule has 2 aromatic carbocycles. The molecule has 5 nitrogen and oxygen atoms in total. The van der Waals surface area contributed by atoms with Crippen LogP contribution in [0.25, 0.3) is 10.9 Å². The molecule has 1 heterocycles. The highest BCUT2D eigenvalue weighted by Crippen LogP contribution is 2.17. The van der Waals surface area contributed by atoms with Crippen LogP contribution in [0.15, 0.2) is 59.8 Å². The largest absolute Gasteiger partial charge is 0.369 e. The highest BCUT2D eigenvalue weighted by Gasteiger charge is 2.10. The molecule has 0 fully saturated rings. The molecule has 3 aromatic rings. The van der Waals surface area contributed by atoms with Crippen LogP contribution in [-0.4, -0.2) is 42.0 Å². The summed E-state index contributed by atoms with van der Waals surface area (Å²) in [6.07, 6.45) is 3.30. The second-order valence-corrected chi connectivity index (χ2v) is 6.66. The summed E-state index contributed by atoms with van der Waals surface area (Å²) < 4.78 is 0. The van der Waals surface area contributed by atoms with E-state index in [4.69, 9.17) is 23.2 Å². The van der Waals surface area contributed by atoms with Crippen LogP contribution in [0.5, 0.6) is 0 Å². The van der Waals surface area contributed by atoms with Crippen molar-refractivity contribution in [3.05, 3.63) is 65.9 Å². The summed E-state index contributed by atoms with van der Waals surface area (Å²) in [5, 5.41) is 4.93. The van der Waals surface area contributed by atoms with Crippen LogP contribution in [0.3, 0.4) is 0 Å². The number of hydrogen-bond donors (Lipinski definition) is 2. The number of rotatable bonds is 8. The third-order valence-corrected chi connectivity index (χ3v) is 4.52. The molecule has 0 aliphatic rings. The molecule has 0 radical (unpaired) electrons. The fourth-order valence-corrected chi connectivity index (χ4v) is 3.24. The van der Waals surface area contributed by atoms with Gasteiger partial charge in [0.05, 0.1) is 11.8 Å². The van der Waals surface area contributed by atoms with E-state index in [1.807, 2.05) is 48.5 Å². The maximum atomic E-state index is 12.3. The van der Waals surface area contributed by atoms with Gasteiger partial charge in [-0.05, 0) is 23.8 Å². The van der Waals surface area contributed by atoms with E-state index in [2.05, 4.69) is 20.4 Å². The zero-order valence-electron chi connectivity index (χ0n) is 14.7. The molecule has 3 rings (SSSR count). The van der Waals surface area contributed by atoms with E-state index in [0.29, 0.717) is 17.3 Å². The standard InChI is InChI=1S/C20H20Cl2N4O/c21-9-11-26(12-10-22)16-7-5-15(6-8-16)13-24-25-20(27)18-14-23-19-4-2-1-3-17(18)19/h1-8,13-14,23H,9-12H2,(H,25,27). The maximum Gasteiger partial charge on any atom is 0.273 e. The number of benzene rings is 2. The van der Waals surface area contributed by atoms with E-state index in [1.165, 1.54) is 0 Å². The maximum absolute atomic E-state index is 12.3. The lowest BCUT2D eigenvalue weighted by atomic mass is 10.2. The lowest BCUT2D eigenvalue weighted by molar-refractivity contribution is 0.0957. The first-order valence-electron chi connectivity index (χ1n) is 8.59. The van der Waals surface area contributed by atoms with Crippen molar-refractivity contribution in [3.63, 3.8) is 0 Å². The van der Waals surface area contributed by atoms with Gasteiger partial charge in [0.25, 0.3) is 5.91 Å². The first-order valence-corrected chi connectivity index (χ1v) is 9.66. The number of nitrogens with zero attached hydrogens (tertiary/aromatic N) is 2. The van der Waals surface area contributed by atoms with Gasteiger partial charge in [0.2, 0.25) is 0 Å². The van der Waals surface area contributed by atoms with E-state index in [0.717, 1.165) is 35.2 Å². The molecule has 0 unspecified atom stereocenters. The van der Waals surface area contributed by atoms with Gasteiger partial charge in [-0.25, -0.2) is 5.43 Å². The van der Waals surface area contributed by atoms with Crippen LogP contribution >= 0.6 is 23.2 Å². The van der Waals surface area contributed by atoms with Crippen LogP contribution in [0, 0.1) is 0 Å². The molecule has 0 bridgehead atoms. The van der Waals surface area contributed by atoms with Gasteiger partial charge in [-0.1, -0.05) is 30.3 Å². The summed E-state index contributed by atoms with van der Waals surface area (Å²) in [5.74, 6) is 0.829. The van der Waals surface area contributed by atoms with Crippen molar-refractivity contribution in [1.29, 1.82) is 0 Å². The molecule has 7 heteroatoms. The van der Waals surface area contributed by atoms with E-state index in [-0.39, 0.29) is 5.91 Å². The average molecular weight is 403 g/mol. The predicted octanol–water partition coefficient (Wildman–Crippen LogP) is 4.22. The topological polar surface area (TPSA) is 60.5 Å².